The zero-order valence-electron chi connectivity index (χ0n) is 17.1. The molecular weight excluding hydrogens is 388 g/mol. The van der Waals surface area contributed by atoms with E-state index >= 15 is 0 Å². The predicted octanol–water partition coefficient (Wildman–Crippen LogP) is 3.43. The van der Waals surface area contributed by atoms with Gasteiger partial charge in [-0.05, 0) is 61.1 Å². The number of ether oxygens (including phenoxy) is 1. The van der Waals surface area contributed by atoms with Crippen molar-refractivity contribution in [2.24, 2.45) is 0 Å². The molecule has 0 saturated carbocycles. The first-order valence-corrected chi connectivity index (χ1v) is 11.7. The Morgan fingerprint density at radius 1 is 1.21 bits per heavy atom. The SMILES string of the molecule is CC[C@H](C(=O)N[C@H]1CCCc2ccccc21)N(c1ccc(OC)cc1)S(C)(=O)=O. The molecule has 2 aromatic rings. The molecule has 0 heterocycles. The second-order valence-corrected chi connectivity index (χ2v) is 9.19. The number of sulfonamides is 1. The Bertz CT molecular complexity index is 957. The molecule has 0 spiro atoms. The Balaban J connectivity index is 1.88. The van der Waals surface area contributed by atoms with E-state index in [0.717, 1.165) is 31.1 Å². The normalized spacial score (nSPS) is 17.1. The van der Waals surface area contributed by atoms with Crippen LogP contribution in [0.3, 0.4) is 0 Å². The summed E-state index contributed by atoms with van der Waals surface area (Å²) in [6.45, 7) is 1.82. The van der Waals surface area contributed by atoms with Gasteiger partial charge in [-0.25, -0.2) is 8.42 Å². The van der Waals surface area contributed by atoms with Crippen LogP contribution in [0.25, 0.3) is 0 Å². The van der Waals surface area contributed by atoms with E-state index in [9.17, 15) is 13.2 Å². The number of carbonyl (C=O) groups is 1. The Labute approximate surface area is 172 Å². The zero-order chi connectivity index (χ0) is 21.0. The Kier molecular flexibility index (Phi) is 6.47. The molecule has 0 unspecified atom stereocenters. The van der Waals surface area contributed by atoms with Gasteiger partial charge in [-0.2, -0.15) is 0 Å². The van der Waals surface area contributed by atoms with Crippen molar-refractivity contribution in [3.63, 3.8) is 0 Å². The van der Waals surface area contributed by atoms with E-state index in [1.165, 1.54) is 9.87 Å². The van der Waals surface area contributed by atoms with Gasteiger partial charge in [-0.1, -0.05) is 31.2 Å². The molecule has 3 rings (SSSR count). The first-order valence-electron chi connectivity index (χ1n) is 9.86. The largest absolute Gasteiger partial charge is 0.497 e. The van der Waals surface area contributed by atoms with Crippen molar-refractivity contribution in [3.05, 3.63) is 59.7 Å². The average Bonchev–Trinajstić information content (AvgIpc) is 2.71. The highest BCUT2D eigenvalue weighted by atomic mass is 32.2. The van der Waals surface area contributed by atoms with Crippen LogP contribution in [0.2, 0.25) is 0 Å². The number of nitrogens with zero attached hydrogens (tertiary/aromatic N) is 1. The summed E-state index contributed by atoms with van der Waals surface area (Å²) < 4.78 is 31.6. The number of amides is 1. The summed E-state index contributed by atoms with van der Waals surface area (Å²) in [5, 5.41) is 3.10. The Morgan fingerprint density at radius 3 is 2.52 bits per heavy atom. The Morgan fingerprint density at radius 2 is 1.90 bits per heavy atom. The molecule has 29 heavy (non-hydrogen) atoms. The lowest BCUT2D eigenvalue weighted by Gasteiger charge is -2.33. The smallest absolute Gasteiger partial charge is 0.244 e. The van der Waals surface area contributed by atoms with Gasteiger partial charge in [0.1, 0.15) is 11.8 Å². The van der Waals surface area contributed by atoms with Gasteiger partial charge in [0, 0.05) is 0 Å². The number of methoxy groups -OCH3 is 1. The van der Waals surface area contributed by atoms with Gasteiger partial charge in [-0.3, -0.25) is 9.10 Å². The molecule has 6 nitrogen and oxygen atoms in total. The molecule has 0 radical (unpaired) electrons. The second kappa shape index (κ2) is 8.86. The van der Waals surface area contributed by atoms with Crippen LogP contribution in [0.5, 0.6) is 5.75 Å². The highest BCUT2D eigenvalue weighted by molar-refractivity contribution is 7.92. The van der Waals surface area contributed by atoms with E-state index in [1.54, 1.807) is 31.4 Å². The fourth-order valence-corrected chi connectivity index (χ4v) is 5.17. The van der Waals surface area contributed by atoms with Gasteiger partial charge in [0.05, 0.1) is 25.1 Å². The lowest BCUT2D eigenvalue weighted by atomic mass is 9.87. The summed E-state index contributed by atoms with van der Waals surface area (Å²) >= 11 is 0. The maximum Gasteiger partial charge on any atom is 0.244 e. The average molecular weight is 417 g/mol. The van der Waals surface area contributed by atoms with Crippen molar-refractivity contribution in [3.8, 4) is 5.75 Å². The van der Waals surface area contributed by atoms with Gasteiger partial charge in [0.15, 0.2) is 0 Å². The number of nitrogens with one attached hydrogen (secondary N) is 1. The van der Waals surface area contributed by atoms with Crippen LogP contribution in [0.4, 0.5) is 5.69 Å². The molecule has 1 amide bonds. The lowest BCUT2D eigenvalue weighted by Crippen LogP contribution is -2.50. The summed E-state index contributed by atoms with van der Waals surface area (Å²) in [5.41, 5.74) is 2.81. The minimum Gasteiger partial charge on any atom is -0.497 e. The first-order chi connectivity index (χ1) is 13.8. The van der Waals surface area contributed by atoms with E-state index in [2.05, 4.69) is 11.4 Å². The number of fused-ring (bicyclic) bond motifs is 1. The Hall–Kier alpha value is -2.54. The third-order valence-electron chi connectivity index (χ3n) is 5.34. The van der Waals surface area contributed by atoms with Crippen molar-refractivity contribution in [2.75, 3.05) is 17.7 Å². The lowest BCUT2D eigenvalue weighted by molar-refractivity contribution is -0.123. The van der Waals surface area contributed by atoms with E-state index in [-0.39, 0.29) is 11.9 Å². The molecule has 0 saturated heterocycles. The molecule has 1 aliphatic rings. The van der Waals surface area contributed by atoms with Crippen molar-refractivity contribution in [1.29, 1.82) is 0 Å². The van der Waals surface area contributed by atoms with Gasteiger partial charge >= 0.3 is 0 Å². The molecule has 0 aromatic heterocycles. The first kappa shape index (κ1) is 21.2. The number of hydrogen-bond donors (Lipinski definition) is 1. The topological polar surface area (TPSA) is 75.7 Å². The standard InChI is InChI=1S/C22H28N2O4S/c1-4-21(24(29(3,26)27)17-12-14-18(28-2)15-13-17)22(25)23-20-11-7-9-16-8-5-6-10-19(16)20/h5-6,8,10,12-15,20-21H,4,7,9,11H2,1-3H3,(H,23,25)/t20-,21+/m0/s1. The summed E-state index contributed by atoms with van der Waals surface area (Å²) in [4.78, 5) is 13.2. The van der Waals surface area contributed by atoms with Crippen molar-refractivity contribution in [1.82, 2.24) is 5.32 Å². The number of benzene rings is 2. The molecule has 156 valence electrons. The van der Waals surface area contributed by atoms with Crippen LogP contribution in [0.15, 0.2) is 48.5 Å². The molecule has 0 bridgehead atoms. The third-order valence-corrected chi connectivity index (χ3v) is 6.52. The van der Waals surface area contributed by atoms with Gasteiger partial charge in [0.2, 0.25) is 15.9 Å². The fourth-order valence-electron chi connectivity index (χ4n) is 3.96. The third kappa shape index (κ3) is 4.72. The summed E-state index contributed by atoms with van der Waals surface area (Å²) in [6.07, 6.45) is 4.33. The van der Waals surface area contributed by atoms with E-state index in [0.29, 0.717) is 17.9 Å². The van der Waals surface area contributed by atoms with Crippen LogP contribution in [0.1, 0.15) is 43.4 Å². The minimum atomic E-state index is -3.66. The van der Waals surface area contributed by atoms with Crippen molar-refractivity contribution in [2.45, 2.75) is 44.7 Å². The quantitative estimate of drug-likeness (QED) is 0.750. The van der Waals surface area contributed by atoms with E-state index < -0.39 is 16.1 Å². The number of carbonyl (C=O) groups excluding carboxylic acids is 1. The molecule has 2 atom stereocenters. The highest BCUT2D eigenvalue weighted by Crippen LogP contribution is 2.30. The number of rotatable bonds is 7. The van der Waals surface area contributed by atoms with Crippen molar-refractivity contribution >= 4 is 21.6 Å². The molecule has 7 heteroatoms. The molecule has 1 N–H and O–H groups in total. The molecule has 1 aliphatic carbocycles. The van der Waals surface area contributed by atoms with Gasteiger partial charge in [-0.15, -0.1) is 0 Å². The van der Waals surface area contributed by atoms with Crippen LogP contribution in [0, 0.1) is 0 Å². The van der Waals surface area contributed by atoms with Gasteiger partial charge in [0.25, 0.3) is 0 Å². The predicted molar refractivity (Wildman–Crippen MR) is 115 cm³/mol. The maximum atomic E-state index is 13.2. The van der Waals surface area contributed by atoms with E-state index in [4.69, 9.17) is 4.74 Å². The van der Waals surface area contributed by atoms with Crippen LogP contribution in [-0.4, -0.2) is 33.7 Å². The van der Waals surface area contributed by atoms with Crippen LogP contribution < -0.4 is 14.4 Å². The monoisotopic (exact) mass is 416 g/mol. The summed E-state index contributed by atoms with van der Waals surface area (Å²) in [6, 6.07) is 13.9. The summed E-state index contributed by atoms with van der Waals surface area (Å²) in [7, 11) is -2.11. The minimum absolute atomic E-state index is 0.0984. The molecular formula is C22H28N2O4S. The highest BCUT2D eigenvalue weighted by Gasteiger charge is 2.33. The number of anilines is 1. The van der Waals surface area contributed by atoms with Crippen molar-refractivity contribution < 1.29 is 17.9 Å². The van der Waals surface area contributed by atoms with Gasteiger partial charge < -0.3 is 10.1 Å². The zero-order valence-corrected chi connectivity index (χ0v) is 17.9. The van der Waals surface area contributed by atoms with Crippen LogP contribution in [-0.2, 0) is 21.2 Å². The summed E-state index contributed by atoms with van der Waals surface area (Å²) in [5.74, 6) is 0.342. The fraction of sp³-hybridized carbons (Fsp3) is 0.409. The molecule has 2 aromatic carbocycles. The molecule has 0 aliphatic heterocycles. The number of aryl methyl sites for hydroxylation is 1. The maximum absolute atomic E-state index is 13.2. The number of hydrogen-bond acceptors (Lipinski definition) is 4. The molecule has 0 fully saturated rings. The second-order valence-electron chi connectivity index (χ2n) is 7.33. The van der Waals surface area contributed by atoms with Crippen LogP contribution >= 0.6 is 0 Å². The van der Waals surface area contributed by atoms with E-state index in [1.807, 2.05) is 25.1 Å².